The third kappa shape index (κ3) is 3.23. The lowest BCUT2D eigenvalue weighted by Crippen LogP contribution is -2.46. The molecule has 2 nitrogen and oxygen atoms in total. The second-order valence-electron chi connectivity index (χ2n) is 7.44. The number of rotatable bonds is 5. The fourth-order valence-corrected chi connectivity index (χ4v) is 4.66. The molecule has 0 aromatic heterocycles. The molecule has 1 aliphatic heterocycles. The molecule has 1 aliphatic carbocycles. The first-order valence-corrected chi connectivity index (χ1v) is 9.21. The molecule has 2 heteroatoms. The van der Waals surface area contributed by atoms with E-state index >= 15 is 0 Å². The molecule has 1 heterocycles. The van der Waals surface area contributed by atoms with Gasteiger partial charge in [0.1, 0.15) is 0 Å². The zero-order chi connectivity index (χ0) is 15.4. The summed E-state index contributed by atoms with van der Waals surface area (Å²) in [5.41, 5.74) is 0.471. The minimum atomic E-state index is -0.662. The predicted octanol–water partition coefficient (Wildman–Crippen LogP) is 4.19. The van der Waals surface area contributed by atoms with Crippen molar-refractivity contribution in [1.29, 1.82) is 0 Å². The second-order valence-corrected chi connectivity index (χ2v) is 7.44. The van der Waals surface area contributed by atoms with Crippen LogP contribution in [0.2, 0.25) is 0 Å². The third-order valence-electron chi connectivity index (χ3n) is 5.95. The summed E-state index contributed by atoms with van der Waals surface area (Å²) in [6.45, 7) is 5.71. The maximum atomic E-state index is 11.8. The fraction of sp³-hybridized carbons (Fsp3) is 0.700. The van der Waals surface area contributed by atoms with Gasteiger partial charge in [0.15, 0.2) is 0 Å². The summed E-state index contributed by atoms with van der Waals surface area (Å²) in [4.78, 5) is 2.54. The average molecular weight is 301 g/mol. The van der Waals surface area contributed by atoms with E-state index in [9.17, 15) is 5.11 Å². The van der Waals surface area contributed by atoms with Gasteiger partial charge in [0.25, 0.3) is 0 Å². The fourth-order valence-electron chi connectivity index (χ4n) is 4.66. The smallest absolute Gasteiger partial charge is 0.0962 e. The standard InChI is InChI=1S/C20H31NO/c1-17(16-21-14-8-9-15-21)20(22,18-10-4-2-5-11-18)19-12-6-3-7-13-19/h2,4-5,10-11,17,19,22H,3,6-9,12-16H2,1H3. The molecule has 122 valence electrons. The molecule has 0 bridgehead atoms. The Morgan fingerprint density at radius 2 is 1.68 bits per heavy atom. The molecule has 22 heavy (non-hydrogen) atoms. The average Bonchev–Trinajstić information content (AvgIpc) is 3.08. The Balaban J connectivity index is 1.84. The quantitative estimate of drug-likeness (QED) is 0.881. The lowest BCUT2D eigenvalue weighted by molar-refractivity contribution is -0.0896. The van der Waals surface area contributed by atoms with Gasteiger partial charge in [-0.05, 0) is 50.3 Å². The number of likely N-dealkylation sites (tertiary alicyclic amines) is 1. The monoisotopic (exact) mass is 301 g/mol. The first-order valence-electron chi connectivity index (χ1n) is 9.21. The molecular weight excluding hydrogens is 270 g/mol. The normalized spacial score (nSPS) is 25.0. The highest BCUT2D eigenvalue weighted by atomic mass is 16.3. The van der Waals surface area contributed by atoms with Gasteiger partial charge in [-0.15, -0.1) is 0 Å². The van der Waals surface area contributed by atoms with Crippen molar-refractivity contribution in [2.24, 2.45) is 11.8 Å². The van der Waals surface area contributed by atoms with Gasteiger partial charge in [0.05, 0.1) is 5.60 Å². The lowest BCUT2D eigenvalue weighted by atomic mass is 9.67. The van der Waals surface area contributed by atoms with Crippen LogP contribution in [0.15, 0.2) is 30.3 Å². The van der Waals surface area contributed by atoms with Crippen molar-refractivity contribution in [2.45, 2.75) is 57.5 Å². The van der Waals surface area contributed by atoms with Crippen LogP contribution in [0.1, 0.15) is 57.4 Å². The Morgan fingerprint density at radius 1 is 1.05 bits per heavy atom. The molecule has 2 unspecified atom stereocenters. The second kappa shape index (κ2) is 7.14. The number of hydrogen-bond acceptors (Lipinski definition) is 2. The number of benzene rings is 1. The van der Waals surface area contributed by atoms with Crippen molar-refractivity contribution in [3.05, 3.63) is 35.9 Å². The van der Waals surface area contributed by atoms with E-state index in [1.165, 1.54) is 58.0 Å². The molecule has 0 amide bonds. The Labute approximate surface area is 135 Å². The Hall–Kier alpha value is -0.860. The van der Waals surface area contributed by atoms with Crippen LogP contribution in [-0.2, 0) is 5.60 Å². The highest BCUT2D eigenvalue weighted by Gasteiger charge is 2.43. The molecule has 0 spiro atoms. The Bertz CT molecular complexity index is 448. The molecule has 2 aliphatic rings. The first kappa shape index (κ1) is 16.0. The van der Waals surface area contributed by atoms with Gasteiger partial charge in [0, 0.05) is 12.5 Å². The van der Waals surface area contributed by atoms with Crippen LogP contribution in [0.4, 0.5) is 0 Å². The number of hydrogen-bond donors (Lipinski definition) is 1. The van der Waals surface area contributed by atoms with E-state index in [1.54, 1.807) is 0 Å². The zero-order valence-electron chi connectivity index (χ0n) is 14.0. The molecule has 1 saturated carbocycles. The molecule has 1 saturated heterocycles. The van der Waals surface area contributed by atoms with Crippen molar-refractivity contribution >= 4 is 0 Å². The summed E-state index contributed by atoms with van der Waals surface area (Å²) in [6, 6.07) is 10.5. The van der Waals surface area contributed by atoms with Crippen LogP contribution in [0.3, 0.4) is 0 Å². The third-order valence-corrected chi connectivity index (χ3v) is 5.95. The highest BCUT2D eigenvalue weighted by molar-refractivity contribution is 5.24. The van der Waals surface area contributed by atoms with Crippen molar-refractivity contribution in [3.8, 4) is 0 Å². The Kier molecular flexibility index (Phi) is 5.20. The zero-order valence-corrected chi connectivity index (χ0v) is 14.0. The minimum Gasteiger partial charge on any atom is -0.385 e. The molecule has 2 fully saturated rings. The summed E-state index contributed by atoms with van der Waals surface area (Å²) in [6.07, 6.45) is 8.87. The molecular formula is C20H31NO. The van der Waals surface area contributed by atoms with Crippen LogP contribution in [-0.4, -0.2) is 29.6 Å². The maximum absolute atomic E-state index is 11.8. The molecule has 0 radical (unpaired) electrons. The lowest BCUT2D eigenvalue weighted by Gasteiger charge is -2.44. The van der Waals surface area contributed by atoms with Gasteiger partial charge in [-0.2, -0.15) is 0 Å². The largest absolute Gasteiger partial charge is 0.385 e. The van der Waals surface area contributed by atoms with E-state index in [4.69, 9.17) is 0 Å². The summed E-state index contributed by atoms with van der Waals surface area (Å²) < 4.78 is 0. The van der Waals surface area contributed by atoms with Crippen LogP contribution < -0.4 is 0 Å². The van der Waals surface area contributed by atoms with E-state index in [0.29, 0.717) is 5.92 Å². The van der Waals surface area contributed by atoms with Crippen molar-refractivity contribution < 1.29 is 5.11 Å². The predicted molar refractivity (Wildman–Crippen MR) is 91.8 cm³/mol. The maximum Gasteiger partial charge on any atom is 0.0962 e. The van der Waals surface area contributed by atoms with Crippen LogP contribution >= 0.6 is 0 Å². The Morgan fingerprint density at radius 3 is 2.32 bits per heavy atom. The summed E-state index contributed by atoms with van der Waals surface area (Å²) in [5, 5.41) is 11.8. The molecule has 1 aromatic carbocycles. The van der Waals surface area contributed by atoms with Crippen LogP contribution in [0.5, 0.6) is 0 Å². The molecule has 2 atom stereocenters. The first-order chi connectivity index (χ1) is 10.7. The minimum absolute atomic E-state index is 0.288. The summed E-state index contributed by atoms with van der Waals surface area (Å²) >= 11 is 0. The van der Waals surface area contributed by atoms with E-state index in [0.717, 1.165) is 12.1 Å². The van der Waals surface area contributed by atoms with Crippen molar-refractivity contribution in [2.75, 3.05) is 19.6 Å². The van der Waals surface area contributed by atoms with Gasteiger partial charge in [0.2, 0.25) is 0 Å². The SMILES string of the molecule is CC(CN1CCCC1)C(O)(c1ccccc1)C1CCCCC1. The van der Waals surface area contributed by atoms with Gasteiger partial charge < -0.3 is 10.0 Å². The van der Waals surface area contributed by atoms with E-state index in [-0.39, 0.29) is 5.92 Å². The molecule has 1 N–H and O–H groups in total. The highest BCUT2D eigenvalue weighted by Crippen LogP contribution is 2.44. The number of nitrogens with zero attached hydrogens (tertiary/aromatic N) is 1. The van der Waals surface area contributed by atoms with Crippen molar-refractivity contribution in [3.63, 3.8) is 0 Å². The topological polar surface area (TPSA) is 23.5 Å². The van der Waals surface area contributed by atoms with Gasteiger partial charge >= 0.3 is 0 Å². The molecule has 3 rings (SSSR count). The van der Waals surface area contributed by atoms with Gasteiger partial charge in [-0.1, -0.05) is 56.5 Å². The van der Waals surface area contributed by atoms with Crippen molar-refractivity contribution in [1.82, 2.24) is 4.90 Å². The van der Waals surface area contributed by atoms with Gasteiger partial charge in [-0.3, -0.25) is 0 Å². The summed E-state index contributed by atoms with van der Waals surface area (Å²) in [5.74, 6) is 0.706. The molecule has 1 aromatic rings. The van der Waals surface area contributed by atoms with Gasteiger partial charge in [-0.25, -0.2) is 0 Å². The van der Waals surface area contributed by atoms with E-state index in [1.807, 2.05) is 0 Å². The summed E-state index contributed by atoms with van der Waals surface area (Å²) in [7, 11) is 0. The van der Waals surface area contributed by atoms with Crippen LogP contribution in [0, 0.1) is 11.8 Å². The van der Waals surface area contributed by atoms with E-state index in [2.05, 4.69) is 42.2 Å². The van der Waals surface area contributed by atoms with Crippen LogP contribution in [0.25, 0.3) is 0 Å². The number of aliphatic hydroxyl groups is 1. The van der Waals surface area contributed by atoms with E-state index < -0.39 is 5.60 Å².